The summed E-state index contributed by atoms with van der Waals surface area (Å²) in [5, 5.41) is 12.5. The second-order valence-corrected chi connectivity index (χ2v) is 10.8. The molecule has 1 amide bonds. The van der Waals surface area contributed by atoms with E-state index in [-0.39, 0.29) is 48.6 Å². The molecule has 2 aromatic rings. The van der Waals surface area contributed by atoms with E-state index in [1.807, 2.05) is 13.8 Å². The van der Waals surface area contributed by atoms with Gasteiger partial charge in [-0.05, 0) is 81.1 Å². The number of aliphatic imine (C=N–C) groups is 1. The number of alkyl halides is 3. The summed E-state index contributed by atoms with van der Waals surface area (Å²) in [6.07, 6.45) is 1.56. The zero-order valence-electron chi connectivity index (χ0n) is 24.6. The van der Waals surface area contributed by atoms with Gasteiger partial charge in [-0.2, -0.15) is 0 Å². The van der Waals surface area contributed by atoms with Crippen LogP contribution in [0.3, 0.4) is 0 Å². The number of rotatable bonds is 13. The molecular formula is C31H39F3N4O5. The first-order chi connectivity index (χ1) is 20.3. The highest BCUT2D eigenvalue weighted by molar-refractivity contribution is 5.94. The fourth-order valence-electron chi connectivity index (χ4n) is 4.89. The minimum absolute atomic E-state index is 0.0959. The molecule has 1 unspecified atom stereocenters. The van der Waals surface area contributed by atoms with Gasteiger partial charge in [0.1, 0.15) is 5.75 Å². The number of nitrogens with zero attached hydrogens (tertiary/aromatic N) is 2. The first-order valence-corrected chi connectivity index (χ1v) is 14.2. The summed E-state index contributed by atoms with van der Waals surface area (Å²) in [6.45, 7) is 3.80. The largest absolute Gasteiger partial charge is 0.573 e. The number of anilines is 1. The molecule has 1 atom stereocenters. The minimum Gasteiger partial charge on any atom is -0.481 e. The number of halogens is 3. The standard InChI is InChI=1S/C31H39F3N4O5/c1-20(2)42-29(35)26(19-36-23-13-15-25(16-14-23)43-31(32,33)34)28(21-7-5-4-6-8-21)37-24-11-9-22(10-12-24)30(41)38(3)18-17-27(39)40/h9-16,19-21,28,37H,4-8,17-18,35H2,1-3H3,(H,39,40). The number of hydrogen-bond donors (Lipinski definition) is 3. The maximum atomic E-state index is 12.7. The topological polar surface area (TPSA) is 126 Å². The van der Waals surface area contributed by atoms with E-state index in [0.29, 0.717) is 16.8 Å². The van der Waals surface area contributed by atoms with Crippen LogP contribution in [-0.2, 0) is 9.53 Å². The van der Waals surface area contributed by atoms with Gasteiger partial charge in [0.05, 0.1) is 29.8 Å². The number of carboxylic acids is 1. The number of nitrogens with one attached hydrogen (secondary N) is 1. The van der Waals surface area contributed by atoms with Crippen molar-refractivity contribution in [3.8, 4) is 5.75 Å². The van der Waals surface area contributed by atoms with Gasteiger partial charge in [0, 0.05) is 31.1 Å². The number of aliphatic carboxylic acids is 1. The van der Waals surface area contributed by atoms with Gasteiger partial charge < -0.3 is 30.5 Å². The normalized spacial score (nSPS) is 15.6. The molecule has 0 aromatic heterocycles. The zero-order valence-corrected chi connectivity index (χ0v) is 24.6. The number of carbonyl (C=O) groups excluding carboxylic acids is 1. The zero-order chi connectivity index (χ0) is 31.6. The van der Waals surface area contributed by atoms with E-state index in [4.69, 9.17) is 15.6 Å². The average molecular weight is 605 g/mol. The molecule has 2 aromatic carbocycles. The number of hydrogen-bond acceptors (Lipinski definition) is 7. The molecule has 0 radical (unpaired) electrons. The molecule has 0 heterocycles. The van der Waals surface area contributed by atoms with Gasteiger partial charge in [-0.1, -0.05) is 19.3 Å². The third-order valence-electron chi connectivity index (χ3n) is 6.99. The van der Waals surface area contributed by atoms with Crippen molar-refractivity contribution in [2.45, 2.75) is 70.9 Å². The second-order valence-electron chi connectivity index (χ2n) is 10.8. The molecule has 1 fully saturated rings. The SMILES string of the molecule is CC(C)OC(N)=C(C=Nc1ccc(OC(F)(F)F)cc1)C(Nc1ccc(C(=O)N(C)CCC(=O)O)cc1)C1CCCCC1. The van der Waals surface area contributed by atoms with E-state index in [2.05, 4.69) is 15.0 Å². The lowest BCUT2D eigenvalue weighted by molar-refractivity contribution is -0.274. The van der Waals surface area contributed by atoms with Crippen molar-refractivity contribution >= 4 is 29.5 Å². The summed E-state index contributed by atoms with van der Waals surface area (Å²) in [5.41, 5.74) is 8.64. The lowest BCUT2D eigenvalue weighted by atomic mass is 9.81. The van der Waals surface area contributed by atoms with Crippen LogP contribution in [0.25, 0.3) is 0 Å². The molecule has 0 saturated heterocycles. The Balaban J connectivity index is 1.89. The number of nitrogens with two attached hydrogens (primary N) is 1. The Labute approximate surface area is 249 Å². The molecule has 0 bridgehead atoms. The Morgan fingerprint density at radius 3 is 2.28 bits per heavy atom. The summed E-state index contributed by atoms with van der Waals surface area (Å²) in [5.74, 6) is -1.23. The average Bonchev–Trinajstić information content (AvgIpc) is 2.95. The van der Waals surface area contributed by atoms with Gasteiger partial charge in [0.25, 0.3) is 5.91 Å². The van der Waals surface area contributed by atoms with Crippen LogP contribution in [0.1, 0.15) is 62.7 Å². The predicted octanol–water partition coefficient (Wildman–Crippen LogP) is 6.49. The molecule has 1 aliphatic rings. The van der Waals surface area contributed by atoms with E-state index in [1.54, 1.807) is 37.5 Å². The highest BCUT2D eigenvalue weighted by Crippen LogP contribution is 2.33. The summed E-state index contributed by atoms with van der Waals surface area (Å²) in [4.78, 5) is 29.5. The van der Waals surface area contributed by atoms with Crippen LogP contribution in [0, 0.1) is 5.92 Å². The third-order valence-corrected chi connectivity index (χ3v) is 6.99. The lowest BCUT2D eigenvalue weighted by Gasteiger charge is -2.33. The van der Waals surface area contributed by atoms with Gasteiger partial charge in [-0.25, -0.2) is 0 Å². The summed E-state index contributed by atoms with van der Waals surface area (Å²) >= 11 is 0. The van der Waals surface area contributed by atoms with Crippen LogP contribution in [-0.4, -0.2) is 60.2 Å². The van der Waals surface area contributed by atoms with Crippen molar-refractivity contribution in [2.75, 3.05) is 18.9 Å². The van der Waals surface area contributed by atoms with Gasteiger partial charge in [-0.3, -0.25) is 14.6 Å². The fraction of sp³-hybridized carbons (Fsp3) is 0.452. The summed E-state index contributed by atoms with van der Waals surface area (Å²) in [7, 11) is 1.56. The number of ether oxygens (including phenoxy) is 2. The van der Waals surface area contributed by atoms with E-state index in [9.17, 15) is 22.8 Å². The number of carbonyl (C=O) groups is 2. The second kappa shape index (κ2) is 15.3. The first-order valence-electron chi connectivity index (χ1n) is 14.2. The van der Waals surface area contributed by atoms with Crippen LogP contribution >= 0.6 is 0 Å². The molecule has 234 valence electrons. The van der Waals surface area contributed by atoms with Crippen molar-refractivity contribution in [3.05, 3.63) is 65.6 Å². The van der Waals surface area contributed by atoms with E-state index >= 15 is 0 Å². The maximum Gasteiger partial charge on any atom is 0.573 e. The third kappa shape index (κ3) is 10.8. The minimum atomic E-state index is -4.79. The smallest absolute Gasteiger partial charge is 0.481 e. The number of amides is 1. The molecule has 1 saturated carbocycles. The molecular weight excluding hydrogens is 565 g/mol. The van der Waals surface area contributed by atoms with Gasteiger partial charge in [0.15, 0.2) is 5.88 Å². The number of benzene rings is 2. The summed E-state index contributed by atoms with van der Waals surface area (Å²) in [6, 6.07) is 11.8. The van der Waals surface area contributed by atoms with Crippen molar-refractivity contribution in [3.63, 3.8) is 0 Å². The Hall–Kier alpha value is -4.22. The summed E-state index contributed by atoms with van der Waals surface area (Å²) < 4.78 is 47.5. The van der Waals surface area contributed by atoms with Crippen LogP contribution in [0.2, 0.25) is 0 Å². The fourth-order valence-corrected chi connectivity index (χ4v) is 4.89. The molecule has 0 aliphatic heterocycles. The Kier molecular flexibility index (Phi) is 11.8. The van der Waals surface area contributed by atoms with Crippen LogP contribution in [0.5, 0.6) is 5.75 Å². The lowest BCUT2D eigenvalue weighted by Crippen LogP contribution is -2.35. The van der Waals surface area contributed by atoms with Crippen LogP contribution in [0.4, 0.5) is 24.5 Å². The molecule has 4 N–H and O–H groups in total. The van der Waals surface area contributed by atoms with Crippen molar-refractivity contribution in [2.24, 2.45) is 16.6 Å². The highest BCUT2D eigenvalue weighted by Gasteiger charge is 2.31. The van der Waals surface area contributed by atoms with Crippen LogP contribution < -0.4 is 15.8 Å². The van der Waals surface area contributed by atoms with E-state index in [0.717, 1.165) is 37.8 Å². The first kappa shape index (κ1) is 33.3. The van der Waals surface area contributed by atoms with E-state index in [1.165, 1.54) is 29.2 Å². The number of carboxylic acid groups (broad SMARTS) is 1. The Morgan fingerprint density at radius 1 is 1.09 bits per heavy atom. The Bertz CT molecular complexity index is 1270. The molecule has 43 heavy (non-hydrogen) atoms. The maximum absolute atomic E-state index is 12.7. The molecule has 1 aliphatic carbocycles. The van der Waals surface area contributed by atoms with Crippen molar-refractivity contribution < 1.29 is 37.3 Å². The van der Waals surface area contributed by atoms with Gasteiger partial charge >= 0.3 is 12.3 Å². The highest BCUT2D eigenvalue weighted by atomic mass is 19.4. The Morgan fingerprint density at radius 2 is 1.72 bits per heavy atom. The molecule has 9 nitrogen and oxygen atoms in total. The van der Waals surface area contributed by atoms with E-state index < -0.39 is 12.3 Å². The van der Waals surface area contributed by atoms with Gasteiger partial charge in [-0.15, -0.1) is 13.2 Å². The molecule has 0 spiro atoms. The van der Waals surface area contributed by atoms with Crippen molar-refractivity contribution in [1.29, 1.82) is 0 Å². The van der Waals surface area contributed by atoms with Crippen molar-refractivity contribution in [1.82, 2.24) is 4.90 Å². The molecule has 3 rings (SSSR count). The molecule has 12 heteroatoms. The monoisotopic (exact) mass is 604 g/mol. The van der Waals surface area contributed by atoms with Crippen LogP contribution in [0.15, 0.2) is 65.0 Å². The quantitative estimate of drug-likeness (QED) is 0.176. The predicted molar refractivity (Wildman–Crippen MR) is 158 cm³/mol. The van der Waals surface area contributed by atoms with Gasteiger partial charge in [0.2, 0.25) is 0 Å².